The Kier molecular flexibility index (Phi) is 5.87. The first-order valence-corrected chi connectivity index (χ1v) is 11.8. The van der Waals surface area contributed by atoms with Crippen LogP contribution < -0.4 is 10.5 Å². The lowest BCUT2D eigenvalue weighted by atomic mass is 10.1. The lowest BCUT2D eigenvalue weighted by Gasteiger charge is -2.36. The Morgan fingerprint density at radius 3 is 2.38 bits per heavy atom. The van der Waals surface area contributed by atoms with E-state index in [0.29, 0.717) is 58.1 Å². The number of para-hydroxylation sites is 1. The number of carbonyl (C=O) groups excluding carboxylic acids is 1. The van der Waals surface area contributed by atoms with Gasteiger partial charge >= 0.3 is 0 Å². The molecule has 174 valence electrons. The van der Waals surface area contributed by atoms with Crippen LogP contribution in [0.3, 0.4) is 0 Å². The third-order valence-corrected chi connectivity index (χ3v) is 7.36. The molecule has 0 atom stereocenters. The van der Waals surface area contributed by atoms with Gasteiger partial charge in [-0.25, -0.2) is 13.8 Å². The van der Waals surface area contributed by atoms with Gasteiger partial charge in [-0.05, 0) is 30.7 Å². The van der Waals surface area contributed by atoms with Gasteiger partial charge < -0.3 is 9.80 Å². The first-order valence-electron chi connectivity index (χ1n) is 10.9. The van der Waals surface area contributed by atoms with Crippen LogP contribution >= 0.6 is 11.3 Å². The summed E-state index contributed by atoms with van der Waals surface area (Å²) in [6.07, 6.45) is 1.40. The normalized spacial score (nSPS) is 14.1. The zero-order valence-electron chi connectivity index (χ0n) is 18.5. The van der Waals surface area contributed by atoms with E-state index in [1.807, 2.05) is 4.90 Å². The van der Waals surface area contributed by atoms with Crippen LogP contribution in [-0.4, -0.2) is 46.5 Å². The maximum atomic E-state index is 14.1. The van der Waals surface area contributed by atoms with Crippen LogP contribution in [-0.2, 0) is 6.54 Å². The predicted octanol–water partition coefficient (Wildman–Crippen LogP) is 4.06. The van der Waals surface area contributed by atoms with E-state index in [-0.39, 0.29) is 29.6 Å². The van der Waals surface area contributed by atoms with Crippen molar-refractivity contribution in [3.05, 3.63) is 92.9 Å². The van der Waals surface area contributed by atoms with Crippen LogP contribution in [0.5, 0.6) is 0 Å². The summed E-state index contributed by atoms with van der Waals surface area (Å²) >= 11 is 1.19. The number of hydrogen-bond acceptors (Lipinski definition) is 5. The highest BCUT2D eigenvalue weighted by molar-refractivity contribution is 7.20. The zero-order chi connectivity index (χ0) is 23.8. The van der Waals surface area contributed by atoms with Gasteiger partial charge in [0.15, 0.2) is 0 Å². The highest BCUT2D eigenvalue weighted by atomic mass is 32.1. The Labute approximate surface area is 198 Å². The summed E-state index contributed by atoms with van der Waals surface area (Å²) in [5.41, 5.74) is 1.21. The van der Waals surface area contributed by atoms with E-state index in [0.717, 1.165) is 0 Å². The van der Waals surface area contributed by atoms with Crippen LogP contribution in [0.1, 0.15) is 20.8 Å². The second-order valence-corrected chi connectivity index (χ2v) is 9.24. The maximum Gasteiger partial charge on any atom is 0.264 e. The number of aromatic nitrogens is 2. The summed E-state index contributed by atoms with van der Waals surface area (Å²) in [6, 6.07) is 12.9. The molecule has 1 saturated heterocycles. The molecule has 1 amide bonds. The van der Waals surface area contributed by atoms with Crippen LogP contribution in [0.4, 0.5) is 14.5 Å². The number of hydrogen-bond donors (Lipinski definition) is 0. The number of anilines is 1. The van der Waals surface area contributed by atoms with Crippen molar-refractivity contribution in [3.63, 3.8) is 0 Å². The van der Waals surface area contributed by atoms with E-state index >= 15 is 0 Å². The Balaban J connectivity index is 1.38. The molecule has 1 aliphatic heterocycles. The molecule has 3 heterocycles. The fourth-order valence-corrected chi connectivity index (χ4v) is 5.40. The molecular weight excluding hydrogens is 458 g/mol. The molecule has 1 fully saturated rings. The van der Waals surface area contributed by atoms with Gasteiger partial charge in [-0.1, -0.05) is 30.3 Å². The first-order chi connectivity index (χ1) is 16.4. The third-order valence-electron chi connectivity index (χ3n) is 6.17. The molecule has 0 saturated carbocycles. The summed E-state index contributed by atoms with van der Waals surface area (Å²) in [5, 5.41) is 0.386. The van der Waals surface area contributed by atoms with Crippen molar-refractivity contribution in [2.24, 2.45) is 0 Å². The van der Waals surface area contributed by atoms with Crippen LogP contribution in [0.15, 0.2) is 59.7 Å². The van der Waals surface area contributed by atoms with Crippen molar-refractivity contribution in [1.82, 2.24) is 14.5 Å². The number of nitrogens with zero attached hydrogens (tertiary/aromatic N) is 4. The quantitative estimate of drug-likeness (QED) is 0.442. The number of rotatable bonds is 4. The Bertz CT molecular complexity index is 1440. The molecule has 2 aromatic heterocycles. The maximum absolute atomic E-state index is 14.1. The molecule has 0 bridgehead atoms. The topological polar surface area (TPSA) is 58.4 Å². The summed E-state index contributed by atoms with van der Waals surface area (Å²) in [4.78, 5) is 35.4. The number of thiophene rings is 1. The van der Waals surface area contributed by atoms with E-state index in [1.54, 1.807) is 48.2 Å². The van der Waals surface area contributed by atoms with Gasteiger partial charge in [-0.15, -0.1) is 11.3 Å². The summed E-state index contributed by atoms with van der Waals surface area (Å²) in [7, 11) is 0. The number of aryl methyl sites for hydroxylation is 1. The molecule has 0 unspecified atom stereocenters. The molecule has 5 rings (SSSR count). The van der Waals surface area contributed by atoms with E-state index < -0.39 is 0 Å². The molecule has 0 radical (unpaired) electrons. The second kappa shape index (κ2) is 8.98. The van der Waals surface area contributed by atoms with Crippen molar-refractivity contribution in [3.8, 4) is 0 Å². The number of amides is 1. The van der Waals surface area contributed by atoms with E-state index in [2.05, 4.69) is 4.98 Å². The molecular formula is C25H22F2N4O2S. The fraction of sp³-hybridized carbons (Fsp3) is 0.240. The molecule has 2 aromatic carbocycles. The SMILES string of the molecule is Cc1c(C(=O)N2CCN(c3ccccc3F)CC2)sc2ncn(Cc3ccccc3F)c(=O)c12. The van der Waals surface area contributed by atoms with Crippen molar-refractivity contribution in [2.45, 2.75) is 13.5 Å². The average Bonchev–Trinajstić information content (AvgIpc) is 3.19. The lowest BCUT2D eigenvalue weighted by Crippen LogP contribution is -2.49. The number of piperazine rings is 1. The van der Waals surface area contributed by atoms with E-state index in [4.69, 9.17) is 0 Å². The number of halogens is 2. The highest BCUT2D eigenvalue weighted by Gasteiger charge is 2.27. The zero-order valence-corrected chi connectivity index (χ0v) is 19.3. The van der Waals surface area contributed by atoms with Gasteiger partial charge in [0.2, 0.25) is 0 Å². The van der Waals surface area contributed by atoms with Crippen LogP contribution in [0, 0.1) is 18.6 Å². The summed E-state index contributed by atoms with van der Waals surface area (Å²) < 4.78 is 29.5. The van der Waals surface area contributed by atoms with Gasteiger partial charge in [0, 0.05) is 31.7 Å². The molecule has 34 heavy (non-hydrogen) atoms. The molecule has 4 aromatic rings. The fourth-order valence-electron chi connectivity index (χ4n) is 4.29. The smallest absolute Gasteiger partial charge is 0.264 e. The monoisotopic (exact) mass is 480 g/mol. The van der Waals surface area contributed by atoms with Gasteiger partial charge in [-0.3, -0.25) is 14.2 Å². The Hall–Kier alpha value is -3.59. The number of carbonyl (C=O) groups is 1. The molecule has 9 heteroatoms. The molecule has 0 N–H and O–H groups in total. The largest absolute Gasteiger partial charge is 0.366 e. The minimum Gasteiger partial charge on any atom is -0.366 e. The average molecular weight is 481 g/mol. The first kappa shape index (κ1) is 22.2. The molecule has 0 aliphatic carbocycles. The minimum absolute atomic E-state index is 0.0605. The number of benzene rings is 2. The number of fused-ring (bicyclic) bond motifs is 1. The summed E-state index contributed by atoms with van der Waals surface area (Å²) in [6.45, 7) is 3.75. The highest BCUT2D eigenvalue weighted by Crippen LogP contribution is 2.29. The standard InChI is InChI=1S/C25H22F2N4O2S/c1-16-21-23(28-15-31(24(21)32)14-17-6-2-3-7-18(17)26)34-22(16)25(33)30-12-10-29(11-13-30)20-9-5-4-8-19(20)27/h2-9,15H,10-14H2,1H3. The molecule has 0 spiro atoms. The van der Waals surface area contributed by atoms with Crippen LogP contribution in [0.2, 0.25) is 0 Å². The Morgan fingerprint density at radius 1 is 1.00 bits per heavy atom. The van der Waals surface area contributed by atoms with Crippen LogP contribution in [0.25, 0.3) is 10.2 Å². The van der Waals surface area contributed by atoms with Crippen molar-refractivity contribution in [1.29, 1.82) is 0 Å². The predicted molar refractivity (Wildman–Crippen MR) is 129 cm³/mol. The van der Waals surface area contributed by atoms with Crippen molar-refractivity contribution >= 4 is 33.1 Å². The third kappa shape index (κ3) is 3.96. The van der Waals surface area contributed by atoms with Crippen molar-refractivity contribution in [2.75, 3.05) is 31.1 Å². The van der Waals surface area contributed by atoms with E-state index in [1.165, 1.54) is 34.4 Å². The lowest BCUT2D eigenvalue weighted by molar-refractivity contribution is 0.0751. The van der Waals surface area contributed by atoms with E-state index in [9.17, 15) is 18.4 Å². The van der Waals surface area contributed by atoms with Gasteiger partial charge in [0.05, 0.1) is 28.8 Å². The molecule has 6 nitrogen and oxygen atoms in total. The van der Waals surface area contributed by atoms with Gasteiger partial charge in [0.25, 0.3) is 11.5 Å². The second-order valence-electron chi connectivity index (χ2n) is 8.24. The van der Waals surface area contributed by atoms with Crippen molar-refractivity contribution < 1.29 is 13.6 Å². The van der Waals surface area contributed by atoms with Gasteiger partial charge in [-0.2, -0.15) is 0 Å². The summed E-state index contributed by atoms with van der Waals surface area (Å²) in [5.74, 6) is -0.823. The Morgan fingerprint density at radius 2 is 1.68 bits per heavy atom. The molecule has 1 aliphatic rings. The minimum atomic E-state index is -0.387. The van der Waals surface area contributed by atoms with Gasteiger partial charge in [0.1, 0.15) is 16.5 Å².